The maximum Gasteiger partial charge on any atom is 0.126 e. The molecule has 0 bridgehead atoms. The monoisotopic (exact) mass is 199 g/mol. The van der Waals surface area contributed by atoms with Gasteiger partial charge in [-0.25, -0.2) is 4.98 Å². The Kier molecular flexibility index (Phi) is 2.83. The first-order chi connectivity index (χ1) is 7.34. The minimum Gasteiger partial charge on any atom is -0.397 e. The number of anilines is 2. The van der Waals surface area contributed by atoms with Crippen LogP contribution in [0.1, 0.15) is 5.56 Å². The van der Waals surface area contributed by atoms with Crippen LogP contribution in [0, 0.1) is 0 Å². The molecule has 1 aromatic carbocycles. The fraction of sp³-hybridized carbons (Fsp3) is 0.0833. The molecular formula is C12H13N3. The van der Waals surface area contributed by atoms with Crippen molar-refractivity contribution >= 4 is 11.5 Å². The molecule has 76 valence electrons. The topological polar surface area (TPSA) is 50.9 Å². The van der Waals surface area contributed by atoms with E-state index >= 15 is 0 Å². The van der Waals surface area contributed by atoms with Gasteiger partial charge in [0.25, 0.3) is 0 Å². The van der Waals surface area contributed by atoms with Crippen LogP contribution >= 0.6 is 0 Å². The molecule has 15 heavy (non-hydrogen) atoms. The number of hydrogen-bond donors (Lipinski definition) is 2. The summed E-state index contributed by atoms with van der Waals surface area (Å²) in [7, 11) is 0. The van der Waals surface area contributed by atoms with Gasteiger partial charge in [-0.15, -0.1) is 0 Å². The van der Waals surface area contributed by atoms with Gasteiger partial charge < -0.3 is 11.1 Å². The molecule has 0 atom stereocenters. The van der Waals surface area contributed by atoms with E-state index in [0.29, 0.717) is 5.69 Å². The van der Waals surface area contributed by atoms with Crippen molar-refractivity contribution in [3.63, 3.8) is 0 Å². The molecule has 3 heteroatoms. The summed E-state index contributed by atoms with van der Waals surface area (Å²) in [6, 6.07) is 13.9. The van der Waals surface area contributed by atoms with Crippen LogP contribution in [0.3, 0.4) is 0 Å². The first-order valence-electron chi connectivity index (χ1n) is 4.84. The van der Waals surface area contributed by atoms with E-state index in [0.717, 1.165) is 12.4 Å². The molecule has 0 unspecified atom stereocenters. The SMILES string of the molecule is Nc1ccc(NCc2ccccc2)nc1. The number of nitrogens with two attached hydrogens (primary N) is 1. The minimum atomic E-state index is 0.681. The van der Waals surface area contributed by atoms with Gasteiger partial charge in [0, 0.05) is 6.54 Å². The molecule has 0 aliphatic rings. The van der Waals surface area contributed by atoms with Crippen LogP contribution in [0.2, 0.25) is 0 Å². The van der Waals surface area contributed by atoms with Crippen LogP contribution in [0.5, 0.6) is 0 Å². The first kappa shape index (κ1) is 9.52. The first-order valence-corrected chi connectivity index (χ1v) is 4.84. The van der Waals surface area contributed by atoms with Crippen molar-refractivity contribution in [3.05, 3.63) is 54.2 Å². The van der Waals surface area contributed by atoms with Gasteiger partial charge in [0.2, 0.25) is 0 Å². The standard InChI is InChI=1S/C12H13N3/c13-11-6-7-12(15-9-11)14-8-10-4-2-1-3-5-10/h1-7,9H,8,13H2,(H,14,15). The van der Waals surface area contributed by atoms with Crippen LogP contribution in [0.25, 0.3) is 0 Å². The van der Waals surface area contributed by atoms with Gasteiger partial charge >= 0.3 is 0 Å². The quantitative estimate of drug-likeness (QED) is 0.797. The molecule has 2 rings (SSSR count). The third-order valence-corrected chi connectivity index (χ3v) is 2.10. The van der Waals surface area contributed by atoms with Crippen molar-refractivity contribution in [2.75, 3.05) is 11.1 Å². The second kappa shape index (κ2) is 4.46. The second-order valence-corrected chi connectivity index (χ2v) is 3.32. The van der Waals surface area contributed by atoms with E-state index in [-0.39, 0.29) is 0 Å². The summed E-state index contributed by atoms with van der Waals surface area (Å²) in [6.45, 7) is 0.776. The van der Waals surface area contributed by atoms with E-state index < -0.39 is 0 Å². The molecule has 1 aromatic heterocycles. The summed E-state index contributed by atoms with van der Waals surface area (Å²) < 4.78 is 0. The molecule has 0 spiro atoms. The highest BCUT2D eigenvalue weighted by molar-refractivity contribution is 5.44. The molecule has 0 aliphatic carbocycles. The van der Waals surface area contributed by atoms with Crippen molar-refractivity contribution in [1.82, 2.24) is 4.98 Å². The molecule has 0 saturated heterocycles. The third kappa shape index (κ3) is 2.71. The Labute approximate surface area is 89.0 Å². The predicted octanol–water partition coefficient (Wildman–Crippen LogP) is 2.28. The molecule has 2 aromatic rings. The van der Waals surface area contributed by atoms with Gasteiger partial charge in [-0.05, 0) is 17.7 Å². The normalized spacial score (nSPS) is 9.87. The Morgan fingerprint density at radius 1 is 1.07 bits per heavy atom. The Morgan fingerprint density at radius 2 is 1.87 bits per heavy atom. The van der Waals surface area contributed by atoms with Crippen molar-refractivity contribution in [3.8, 4) is 0 Å². The number of nitrogens with zero attached hydrogens (tertiary/aromatic N) is 1. The molecule has 0 amide bonds. The molecule has 3 N–H and O–H groups in total. The summed E-state index contributed by atoms with van der Waals surface area (Å²) in [5.41, 5.74) is 7.46. The number of pyridine rings is 1. The van der Waals surface area contributed by atoms with E-state index in [4.69, 9.17) is 5.73 Å². The van der Waals surface area contributed by atoms with E-state index in [9.17, 15) is 0 Å². The highest BCUT2D eigenvalue weighted by Crippen LogP contribution is 2.07. The smallest absolute Gasteiger partial charge is 0.126 e. The number of nitrogen functional groups attached to an aromatic ring is 1. The van der Waals surface area contributed by atoms with Gasteiger partial charge in [-0.3, -0.25) is 0 Å². The third-order valence-electron chi connectivity index (χ3n) is 2.10. The van der Waals surface area contributed by atoms with Crippen molar-refractivity contribution in [2.45, 2.75) is 6.54 Å². The summed E-state index contributed by atoms with van der Waals surface area (Å²) >= 11 is 0. The zero-order valence-corrected chi connectivity index (χ0v) is 8.35. The predicted molar refractivity (Wildman–Crippen MR) is 62.4 cm³/mol. The number of hydrogen-bond acceptors (Lipinski definition) is 3. The Morgan fingerprint density at radius 3 is 2.53 bits per heavy atom. The molecule has 0 saturated carbocycles. The molecule has 1 heterocycles. The highest BCUT2D eigenvalue weighted by Gasteiger charge is 1.93. The summed E-state index contributed by atoms with van der Waals surface area (Å²) in [6.07, 6.45) is 1.65. The van der Waals surface area contributed by atoms with Crippen LogP contribution in [0.4, 0.5) is 11.5 Å². The minimum absolute atomic E-state index is 0.681. The van der Waals surface area contributed by atoms with Crippen LogP contribution in [-0.2, 0) is 6.54 Å². The molecule has 0 fully saturated rings. The largest absolute Gasteiger partial charge is 0.397 e. The van der Waals surface area contributed by atoms with E-state index in [1.165, 1.54) is 5.56 Å². The Balaban J connectivity index is 1.96. The van der Waals surface area contributed by atoms with Gasteiger partial charge in [0.1, 0.15) is 5.82 Å². The average Bonchev–Trinajstić information content (AvgIpc) is 2.30. The Bertz CT molecular complexity index is 409. The van der Waals surface area contributed by atoms with Crippen molar-refractivity contribution in [2.24, 2.45) is 0 Å². The van der Waals surface area contributed by atoms with Crippen LogP contribution < -0.4 is 11.1 Å². The Hall–Kier alpha value is -2.03. The van der Waals surface area contributed by atoms with E-state index in [1.54, 1.807) is 6.20 Å². The lowest BCUT2D eigenvalue weighted by Gasteiger charge is -2.05. The molecule has 0 aliphatic heterocycles. The van der Waals surface area contributed by atoms with Gasteiger partial charge in [0.05, 0.1) is 11.9 Å². The zero-order chi connectivity index (χ0) is 10.5. The second-order valence-electron chi connectivity index (χ2n) is 3.32. The zero-order valence-electron chi connectivity index (χ0n) is 8.35. The lowest BCUT2D eigenvalue weighted by molar-refractivity contribution is 1.11. The highest BCUT2D eigenvalue weighted by atomic mass is 15.0. The van der Waals surface area contributed by atoms with E-state index in [2.05, 4.69) is 22.4 Å². The lowest BCUT2D eigenvalue weighted by Crippen LogP contribution is -2.01. The fourth-order valence-corrected chi connectivity index (χ4v) is 1.30. The number of aromatic nitrogens is 1. The summed E-state index contributed by atoms with van der Waals surface area (Å²) in [5, 5.41) is 3.22. The van der Waals surface area contributed by atoms with Gasteiger partial charge in [-0.2, -0.15) is 0 Å². The van der Waals surface area contributed by atoms with Crippen molar-refractivity contribution < 1.29 is 0 Å². The average molecular weight is 199 g/mol. The number of rotatable bonds is 3. The number of benzene rings is 1. The summed E-state index contributed by atoms with van der Waals surface area (Å²) in [4.78, 5) is 4.16. The lowest BCUT2D eigenvalue weighted by atomic mass is 10.2. The van der Waals surface area contributed by atoms with Crippen LogP contribution in [-0.4, -0.2) is 4.98 Å². The fourth-order valence-electron chi connectivity index (χ4n) is 1.30. The maximum absolute atomic E-state index is 5.54. The van der Waals surface area contributed by atoms with Crippen LogP contribution in [0.15, 0.2) is 48.7 Å². The molecule has 3 nitrogen and oxygen atoms in total. The van der Waals surface area contributed by atoms with Gasteiger partial charge in [-0.1, -0.05) is 30.3 Å². The van der Waals surface area contributed by atoms with Gasteiger partial charge in [0.15, 0.2) is 0 Å². The summed E-state index contributed by atoms with van der Waals surface area (Å²) in [5.74, 6) is 0.841. The molecular weight excluding hydrogens is 186 g/mol. The maximum atomic E-state index is 5.54. The van der Waals surface area contributed by atoms with Crippen molar-refractivity contribution in [1.29, 1.82) is 0 Å². The molecule has 0 radical (unpaired) electrons. The van der Waals surface area contributed by atoms with E-state index in [1.807, 2.05) is 30.3 Å². The number of nitrogens with one attached hydrogen (secondary N) is 1.